The smallest absolute Gasteiger partial charge is 0.328 e. The molecule has 3 aromatic heterocycles. The van der Waals surface area contributed by atoms with Gasteiger partial charge in [-0.15, -0.1) is 11.3 Å². The Hall–Kier alpha value is -4.28. The van der Waals surface area contributed by atoms with Gasteiger partial charge in [0.05, 0.1) is 41.7 Å². The number of anilines is 2. The number of aromatic nitrogens is 4. The molecule has 4 heterocycles. The Labute approximate surface area is 223 Å². The zero-order valence-electron chi connectivity index (χ0n) is 20.8. The fourth-order valence-electron chi connectivity index (χ4n) is 4.65. The molecule has 1 aliphatic heterocycles. The number of carbonyl (C=O) groups is 1. The maximum Gasteiger partial charge on any atom is 0.328 e. The molecule has 0 aliphatic carbocycles. The monoisotopic (exact) mass is 526 g/mol. The van der Waals surface area contributed by atoms with Crippen LogP contribution in [0.3, 0.4) is 0 Å². The van der Waals surface area contributed by atoms with Gasteiger partial charge in [0.25, 0.3) is 0 Å². The van der Waals surface area contributed by atoms with Crippen LogP contribution in [-0.2, 0) is 16.1 Å². The SMILES string of the molecule is CN(Cc1cc2nc(-c3cccc4[nH]ncc34)nc(N3CCOCC3)c2s1)c1ccc(C=CC(=O)O)cc1. The van der Waals surface area contributed by atoms with E-state index in [-0.39, 0.29) is 0 Å². The molecule has 0 bridgehead atoms. The van der Waals surface area contributed by atoms with Crippen molar-refractivity contribution in [2.45, 2.75) is 6.54 Å². The van der Waals surface area contributed by atoms with Gasteiger partial charge in [-0.25, -0.2) is 14.8 Å². The van der Waals surface area contributed by atoms with Crippen molar-refractivity contribution in [3.05, 3.63) is 71.2 Å². The molecule has 10 heteroatoms. The van der Waals surface area contributed by atoms with Crippen molar-refractivity contribution in [1.29, 1.82) is 0 Å². The number of morpholine rings is 1. The molecule has 0 amide bonds. The minimum Gasteiger partial charge on any atom is -0.478 e. The lowest BCUT2D eigenvalue weighted by molar-refractivity contribution is -0.131. The first kappa shape index (κ1) is 24.1. The molecule has 0 atom stereocenters. The average molecular weight is 527 g/mol. The number of nitrogens with one attached hydrogen (secondary N) is 1. The first-order valence-electron chi connectivity index (χ1n) is 12.3. The first-order valence-corrected chi connectivity index (χ1v) is 13.1. The molecular formula is C28H26N6O3S. The highest BCUT2D eigenvalue weighted by molar-refractivity contribution is 7.19. The van der Waals surface area contributed by atoms with Crippen molar-refractivity contribution in [1.82, 2.24) is 20.2 Å². The summed E-state index contributed by atoms with van der Waals surface area (Å²) < 4.78 is 6.68. The van der Waals surface area contributed by atoms with Gasteiger partial charge in [0.2, 0.25) is 0 Å². The van der Waals surface area contributed by atoms with E-state index in [1.807, 2.05) is 55.7 Å². The number of carboxylic acid groups (broad SMARTS) is 1. The van der Waals surface area contributed by atoms with Gasteiger partial charge in [-0.1, -0.05) is 24.3 Å². The van der Waals surface area contributed by atoms with E-state index in [0.29, 0.717) is 25.6 Å². The minimum atomic E-state index is -0.958. The van der Waals surface area contributed by atoms with Gasteiger partial charge in [0, 0.05) is 47.7 Å². The Bertz CT molecular complexity index is 1640. The third-order valence-corrected chi connectivity index (χ3v) is 7.69. The molecule has 1 aliphatic rings. The summed E-state index contributed by atoms with van der Waals surface area (Å²) in [5.41, 5.74) is 4.73. The number of aliphatic carboxylic acids is 1. The first-order chi connectivity index (χ1) is 18.5. The van der Waals surface area contributed by atoms with Crippen LogP contribution in [0.4, 0.5) is 11.5 Å². The van der Waals surface area contributed by atoms with Crippen LogP contribution in [-0.4, -0.2) is 64.6 Å². The van der Waals surface area contributed by atoms with Crippen LogP contribution in [0.1, 0.15) is 10.4 Å². The number of rotatable bonds is 7. The summed E-state index contributed by atoms with van der Waals surface area (Å²) in [7, 11) is 2.05. The number of H-pyrrole nitrogens is 1. The highest BCUT2D eigenvalue weighted by Crippen LogP contribution is 2.36. The summed E-state index contributed by atoms with van der Waals surface area (Å²) in [5, 5.41) is 17.1. The van der Waals surface area contributed by atoms with Gasteiger partial charge in [0.1, 0.15) is 0 Å². The molecule has 0 radical (unpaired) electrons. The predicted molar refractivity (Wildman–Crippen MR) is 151 cm³/mol. The normalized spacial score (nSPS) is 14.1. The number of nitrogens with zero attached hydrogens (tertiary/aromatic N) is 5. The van der Waals surface area contributed by atoms with Crippen molar-refractivity contribution in [3.8, 4) is 11.4 Å². The van der Waals surface area contributed by atoms with Crippen LogP contribution in [0.2, 0.25) is 0 Å². The summed E-state index contributed by atoms with van der Waals surface area (Å²) in [5.74, 6) is 0.677. The lowest BCUT2D eigenvalue weighted by atomic mass is 10.1. The molecule has 192 valence electrons. The number of ether oxygens (including phenoxy) is 1. The van der Waals surface area contributed by atoms with Gasteiger partial charge < -0.3 is 19.6 Å². The van der Waals surface area contributed by atoms with Crippen LogP contribution in [0.5, 0.6) is 0 Å². The van der Waals surface area contributed by atoms with E-state index in [9.17, 15) is 4.79 Å². The highest BCUT2D eigenvalue weighted by atomic mass is 32.1. The van der Waals surface area contributed by atoms with Gasteiger partial charge in [-0.05, 0) is 35.9 Å². The molecule has 6 rings (SSSR count). The fourth-order valence-corrected chi connectivity index (χ4v) is 5.81. The van der Waals surface area contributed by atoms with Crippen LogP contribution >= 0.6 is 11.3 Å². The van der Waals surface area contributed by atoms with E-state index >= 15 is 0 Å². The highest BCUT2D eigenvalue weighted by Gasteiger charge is 2.21. The van der Waals surface area contributed by atoms with Crippen LogP contribution in [0, 0.1) is 0 Å². The number of benzene rings is 2. The number of carboxylic acids is 1. The molecule has 1 saturated heterocycles. The molecule has 0 spiro atoms. The largest absolute Gasteiger partial charge is 0.478 e. The Balaban J connectivity index is 1.35. The average Bonchev–Trinajstić information content (AvgIpc) is 3.58. The second-order valence-corrected chi connectivity index (χ2v) is 10.3. The predicted octanol–water partition coefficient (Wildman–Crippen LogP) is 4.81. The van der Waals surface area contributed by atoms with Crippen molar-refractivity contribution < 1.29 is 14.6 Å². The molecular weight excluding hydrogens is 500 g/mol. The van der Waals surface area contributed by atoms with E-state index in [1.165, 1.54) is 4.88 Å². The zero-order chi connectivity index (χ0) is 26.1. The van der Waals surface area contributed by atoms with Gasteiger partial charge in [-0.3, -0.25) is 5.10 Å². The third-order valence-electron chi connectivity index (χ3n) is 6.59. The second kappa shape index (κ2) is 10.2. The summed E-state index contributed by atoms with van der Waals surface area (Å²) in [6.07, 6.45) is 4.55. The van der Waals surface area contributed by atoms with Crippen LogP contribution in [0.25, 0.3) is 38.6 Å². The molecule has 5 aromatic rings. The van der Waals surface area contributed by atoms with Crippen LogP contribution in [0.15, 0.2) is 60.8 Å². The number of thiophene rings is 1. The quantitative estimate of drug-likeness (QED) is 0.291. The Kier molecular flexibility index (Phi) is 6.48. The second-order valence-electron chi connectivity index (χ2n) is 9.15. The Morgan fingerprint density at radius 3 is 2.79 bits per heavy atom. The van der Waals surface area contributed by atoms with E-state index in [2.05, 4.69) is 26.1 Å². The van der Waals surface area contributed by atoms with Gasteiger partial charge in [0.15, 0.2) is 11.6 Å². The van der Waals surface area contributed by atoms with E-state index in [1.54, 1.807) is 17.4 Å². The maximum absolute atomic E-state index is 10.8. The Morgan fingerprint density at radius 2 is 2.00 bits per heavy atom. The van der Waals surface area contributed by atoms with Crippen molar-refractivity contribution in [2.24, 2.45) is 0 Å². The molecule has 0 saturated carbocycles. The van der Waals surface area contributed by atoms with Crippen molar-refractivity contribution >= 4 is 56.0 Å². The van der Waals surface area contributed by atoms with E-state index < -0.39 is 5.97 Å². The summed E-state index contributed by atoms with van der Waals surface area (Å²) in [6.45, 7) is 3.64. The maximum atomic E-state index is 10.8. The molecule has 2 N–H and O–H groups in total. The van der Waals surface area contributed by atoms with Gasteiger partial charge in [-0.2, -0.15) is 5.10 Å². The number of hydrogen-bond donors (Lipinski definition) is 2. The summed E-state index contributed by atoms with van der Waals surface area (Å²) in [4.78, 5) is 26.5. The lowest BCUT2D eigenvalue weighted by Crippen LogP contribution is -2.36. The van der Waals surface area contributed by atoms with E-state index in [0.717, 1.165) is 62.9 Å². The third kappa shape index (κ3) is 4.83. The van der Waals surface area contributed by atoms with E-state index in [4.69, 9.17) is 19.8 Å². The van der Waals surface area contributed by atoms with Crippen molar-refractivity contribution in [2.75, 3.05) is 43.2 Å². The Morgan fingerprint density at radius 1 is 1.18 bits per heavy atom. The van der Waals surface area contributed by atoms with Gasteiger partial charge >= 0.3 is 5.97 Å². The molecule has 0 unspecified atom stereocenters. The minimum absolute atomic E-state index is 0.677. The molecule has 1 fully saturated rings. The summed E-state index contributed by atoms with van der Waals surface area (Å²) in [6, 6.07) is 16.0. The van der Waals surface area contributed by atoms with Crippen molar-refractivity contribution in [3.63, 3.8) is 0 Å². The zero-order valence-corrected chi connectivity index (χ0v) is 21.6. The van der Waals surface area contributed by atoms with Crippen LogP contribution < -0.4 is 9.80 Å². The molecule has 2 aromatic carbocycles. The molecule has 9 nitrogen and oxygen atoms in total. The number of hydrogen-bond acceptors (Lipinski definition) is 8. The topological polar surface area (TPSA) is 107 Å². The number of aromatic amines is 1. The lowest BCUT2D eigenvalue weighted by Gasteiger charge is -2.28. The summed E-state index contributed by atoms with van der Waals surface area (Å²) >= 11 is 1.72. The number of fused-ring (bicyclic) bond motifs is 2. The molecule has 38 heavy (non-hydrogen) atoms. The standard InChI is InChI=1S/C28H26N6O3S/c1-33(19-8-5-18(6-9-19)7-10-25(35)36)17-20-15-24-26(38-20)28(34-11-13-37-14-12-34)31-27(30-24)21-3-2-4-23-22(21)16-29-32-23/h2-10,15-16H,11-14,17H2,1H3,(H,29,32)(H,35,36). The fraction of sp³-hybridized carbons (Fsp3) is 0.214.